The molecule has 0 unspecified atom stereocenters. The van der Waals surface area contributed by atoms with E-state index in [0.29, 0.717) is 5.96 Å². The van der Waals surface area contributed by atoms with E-state index in [1.54, 1.807) is 7.11 Å². The smallest absolute Gasteiger partial charge is 0.188 e. The molecular formula is C18H32IN5O. The molecule has 0 atom stereocenters. The normalized spacial score (nSPS) is 15.6. The van der Waals surface area contributed by atoms with Crippen LogP contribution in [-0.2, 0) is 0 Å². The summed E-state index contributed by atoms with van der Waals surface area (Å²) in [5.41, 5.74) is 7.07. The molecule has 0 amide bonds. The summed E-state index contributed by atoms with van der Waals surface area (Å²) < 4.78 is 5.22. The van der Waals surface area contributed by atoms with Gasteiger partial charge < -0.3 is 20.7 Å². The van der Waals surface area contributed by atoms with Crippen LogP contribution in [0.3, 0.4) is 0 Å². The molecule has 0 aromatic heterocycles. The van der Waals surface area contributed by atoms with Crippen LogP contribution in [0.2, 0.25) is 0 Å². The number of guanidine groups is 1. The molecule has 0 radical (unpaired) electrons. The molecule has 142 valence electrons. The second kappa shape index (κ2) is 12.2. The number of hydrogen-bond donors (Lipinski definition) is 2. The highest BCUT2D eigenvalue weighted by Gasteiger charge is 2.16. The van der Waals surface area contributed by atoms with Gasteiger partial charge in [0.15, 0.2) is 5.96 Å². The number of halogens is 1. The maximum Gasteiger partial charge on any atom is 0.188 e. The molecule has 1 heterocycles. The van der Waals surface area contributed by atoms with Crippen molar-refractivity contribution in [2.75, 3.05) is 57.8 Å². The van der Waals surface area contributed by atoms with Gasteiger partial charge in [0.25, 0.3) is 0 Å². The van der Waals surface area contributed by atoms with Gasteiger partial charge in [0, 0.05) is 45.0 Å². The topological polar surface area (TPSA) is 66.1 Å². The van der Waals surface area contributed by atoms with E-state index >= 15 is 0 Å². The van der Waals surface area contributed by atoms with Crippen molar-refractivity contribution in [3.63, 3.8) is 0 Å². The Morgan fingerprint density at radius 1 is 1.20 bits per heavy atom. The average molecular weight is 461 g/mol. The number of aliphatic imine (C=N–C) groups is 1. The van der Waals surface area contributed by atoms with Crippen LogP contribution < -0.4 is 20.7 Å². The van der Waals surface area contributed by atoms with Crippen molar-refractivity contribution in [3.05, 3.63) is 24.3 Å². The second-order valence-corrected chi connectivity index (χ2v) is 6.07. The Morgan fingerprint density at radius 2 is 1.88 bits per heavy atom. The van der Waals surface area contributed by atoms with Crippen molar-refractivity contribution >= 4 is 35.6 Å². The molecule has 25 heavy (non-hydrogen) atoms. The van der Waals surface area contributed by atoms with Gasteiger partial charge in [-0.1, -0.05) is 6.92 Å². The number of hydrogen-bond acceptors (Lipinski definition) is 4. The Hall–Kier alpha value is -1.22. The number of rotatable bonds is 8. The zero-order valence-electron chi connectivity index (χ0n) is 15.4. The van der Waals surface area contributed by atoms with Gasteiger partial charge in [-0.2, -0.15) is 0 Å². The third-order valence-corrected chi connectivity index (χ3v) is 4.27. The van der Waals surface area contributed by atoms with Gasteiger partial charge >= 0.3 is 0 Å². The van der Waals surface area contributed by atoms with Crippen molar-refractivity contribution < 1.29 is 4.74 Å². The number of benzene rings is 1. The zero-order chi connectivity index (χ0) is 17.2. The summed E-state index contributed by atoms with van der Waals surface area (Å²) in [7, 11) is 1.70. The van der Waals surface area contributed by atoms with Crippen LogP contribution in [0.1, 0.15) is 19.8 Å². The maximum atomic E-state index is 5.79. The van der Waals surface area contributed by atoms with Gasteiger partial charge in [-0.15, -0.1) is 24.0 Å². The maximum absolute atomic E-state index is 5.79. The third-order valence-electron chi connectivity index (χ3n) is 4.27. The summed E-state index contributed by atoms with van der Waals surface area (Å²) >= 11 is 0. The van der Waals surface area contributed by atoms with Gasteiger partial charge in [0.2, 0.25) is 0 Å². The quantitative estimate of drug-likeness (QED) is 0.269. The van der Waals surface area contributed by atoms with Crippen LogP contribution >= 0.6 is 24.0 Å². The van der Waals surface area contributed by atoms with E-state index < -0.39 is 0 Å². The number of methoxy groups -OCH3 is 1. The first-order valence-corrected chi connectivity index (χ1v) is 8.88. The number of nitrogens with zero attached hydrogens (tertiary/aromatic N) is 3. The molecule has 0 saturated carbocycles. The zero-order valence-corrected chi connectivity index (χ0v) is 17.7. The molecule has 0 bridgehead atoms. The standard InChI is InChI=1S/C18H31N5O.HI/c1-3-9-20-18(19)21-10-4-11-22-12-14-23(15-13-22)16-5-7-17(24-2)8-6-16;/h5-8H,3-4,9-15H2,1-2H3,(H3,19,20,21);1H. The fraction of sp³-hybridized carbons (Fsp3) is 0.611. The van der Waals surface area contributed by atoms with E-state index in [9.17, 15) is 0 Å². The highest BCUT2D eigenvalue weighted by molar-refractivity contribution is 14.0. The monoisotopic (exact) mass is 461 g/mol. The average Bonchev–Trinajstić information content (AvgIpc) is 2.64. The summed E-state index contributed by atoms with van der Waals surface area (Å²) in [5.74, 6) is 1.48. The van der Waals surface area contributed by atoms with Gasteiger partial charge in [0.05, 0.1) is 7.11 Å². The number of nitrogens with one attached hydrogen (secondary N) is 1. The van der Waals surface area contributed by atoms with Crippen LogP contribution in [0, 0.1) is 0 Å². The van der Waals surface area contributed by atoms with Gasteiger partial charge in [-0.25, -0.2) is 0 Å². The molecule has 1 aliphatic rings. The van der Waals surface area contributed by atoms with Gasteiger partial charge in [0.1, 0.15) is 5.75 Å². The van der Waals surface area contributed by atoms with Crippen LogP contribution in [0.25, 0.3) is 0 Å². The molecule has 2 rings (SSSR count). The molecule has 3 N–H and O–H groups in total. The lowest BCUT2D eigenvalue weighted by molar-refractivity contribution is 0.255. The van der Waals surface area contributed by atoms with E-state index in [0.717, 1.165) is 64.4 Å². The fourth-order valence-corrected chi connectivity index (χ4v) is 2.83. The van der Waals surface area contributed by atoms with Crippen LogP contribution in [-0.4, -0.2) is 63.8 Å². The largest absolute Gasteiger partial charge is 0.497 e. The Balaban J connectivity index is 0.00000312. The van der Waals surface area contributed by atoms with Gasteiger partial charge in [-0.3, -0.25) is 9.89 Å². The Bertz CT molecular complexity index is 501. The predicted octanol–water partition coefficient (Wildman–Crippen LogP) is 2.14. The lowest BCUT2D eigenvalue weighted by Gasteiger charge is -2.36. The molecular weight excluding hydrogens is 429 g/mol. The lowest BCUT2D eigenvalue weighted by Crippen LogP contribution is -2.47. The summed E-state index contributed by atoms with van der Waals surface area (Å²) in [4.78, 5) is 9.19. The molecule has 1 fully saturated rings. The molecule has 1 aromatic carbocycles. The number of nitrogens with two attached hydrogens (primary N) is 1. The molecule has 1 aliphatic heterocycles. The predicted molar refractivity (Wildman–Crippen MR) is 116 cm³/mol. The van der Waals surface area contributed by atoms with E-state index in [1.807, 2.05) is 12.1 Å². The van der Waals surface area contributed by atoms with Crippen molar-refractivity contribution in [3.8, 4) is 5.75 Å². The van der Waals surface area contributed by atoms with Crippen molar-refractivity contribution in [2.24, 2.45) is 10.7 Å². The molecule has 1 aromatic rings. The summed E-state index contributed by atoms with van der Waals surface area (Å²) in [5, 5.41) is 3.18. The van der Waals surface area contributed by atoms with E-state index in [4.69, 9.17) is 10.5 Å². The number of anilines is 1. The second-order valence-electron chi connectivity index (χ2n) is 6.07. The van der Waals surface area contributed by atoms with Crippen LogP contribution in [0.15, 0.2) is 29.3 Å². The number of piperazine rings is 1. The van der Waals surface area contributed by atoms with Gasteiger partial charge in [-0.05, 0) is 43.7 Å². The minimum Gasteiger partial charge on any atom is -0.497 e. The Kier molecular flexibility index (Phi) is 10.6. The minimum atomic E-state index is 0. The SMILES string of the molecule is CCCN=C(N)NCCCN1CCN(c2ccc(OC)cc2)CC1.I. The highest BCUT2D eigenvalue weighted by Crippen LogP contribution is 2.20. The highest BCUT2D eigenvalue weighted by atomic mass is 127. The minimum absolute atomic E-state index is 0. The Morgan fingerprint density at radius 3 is 2.48 bits per heavy atom. The van der Waals surface area contributed by atoms with Crippen molar-refractivity contribution in [1.29, 1.82) is 0 Å². The molecule has 7 heteroatoms. The first-order valence-electron chi connectivity index (χ1n) is 8.88. The van der Waals surface area contributed by atoms with E-state index in [-0.39, 0.29) is 24.0 Å². The first-order chi connectivity index (χ1) is 11.7. The van der Waals surface area contributed by atoms with Crippen LogP contribution in [0.4, 0.5) is 5.69 Å². The third kappa shape index (κ3) is 7.68. The van der Waals surface area contributed by atoms with Crippen molar-refractivity contribution in [1.82, 2.24) is 10.2 Å². The first kappa shape index (κ1) is 21.8. The summed E-state index contributed by atoms with van der Waals surface area (Å²) in [6.45, 7) is 9.23. The van der Waals surface area contributed by atoms with E-state index in [1.165, 1.54) is 5.69 Å². The summed E-state index contributed by atoms with van der Waals surface area (Å²) in [6.07, 6.45) is 2.12. The lowest BCUT2D eigenvalue weighted by atomic mass is 10.2. The number of ether oxygens (including phenoxy) is 1. The van der Waals surface area contributed by atoms with Crippen LogP contribution in [0.5, 0.6) is 5.75 Å². The summed E-state index contributed by atoms with van der Waals surface area (Å²) in [6, 6.07) is 8.32. The molecule has 6 nitrogen and oxygen atoms in total. The molecule has 0 spiro atoms. The van der Waals surface area contributed by atoms with E-state index in [2.05, 4.69) is 39.2 Å². The van der Waals surface area contributed by atoms with Crippen molar-refractivity contribution in [2.45, 2.75) is 19.8 Å². The fourth-order valence-electron chi connectivity index (χ4n) is 2.83. The Labute approximate surface area is 168 Å². The molecule has 0 aliphatic carbocycles. The molecule has 1 saturated heterocycles.